The Hall–Kier alpha value is -3.29. The normalized spacial score (nSPS) is 15.2. The highest BCUT2D eigenvalue weighted by Crippen LogP contribution is 2.36. The smallest absolute Gasteiger partial charge is 0.140 e. The van der Waals surface area contributed by atoms with E-state index in [9.17, 15) is 0 Å². The number of rotatable bonds is 4. The highest BCUT2D eigenvalue weighted by molar-refractivity contribution is 7.21. The SMILES string of the molecule is c1ccc(-c2cc3c(N4CCN(Cc5cn6ccccc6n5)CC4)ncnc3s2)cc1. The van der Waals surface area contributed by atoms with Gasteiger partial charge in [0.15, 0.2) is 0 Å². The number of thiophene rings is 1. The number of hydrogen-bond acceptors (Lipinski definition) is 6. The van der Waals surface area contributed by atoms with Gasteiger partial charge >= 0.3 is 0 Å². The van der Waals surface area contributed by atoms with E-state index in [2.05, 4.69) is 66.9 Å². The maximum atomic E-state index is 4.74. The van der Waals surface area contributed by atoms with Crippen molar-refractivity contribution in [2.45, 2.75) is 6.54 Å². The standard InChI is InChI=1S/C24H22N6S/c1-2-6-18(7-3-1)21-14-20-23(25-17-26-24(20)31-21)29-12-10-28(11-13-29)15-19-16-30-9-5-4-8-22(30)27-19/h1-9,14,16-17H,10-13,15H2. The number of hydrogen-bond donors (Lipinski definition) is 0. The molecule has 154 valence electrons. The Kier molecular flexibility index (Phi) is 4.62. The van der Waals surface area contributed by atoms with Crippen LogP contribution in [0.25, 0.3) is 26.3 Å². The van der Waals surface area contributed by atoms with E-state index in [1.165, 1.54) is 10.4 Å². The molecule has 0 aliphatic carbocycles. The molecule has 1 saturated heterocycles. The maximum absolute atomic E-state index is 4.74. The molecule has 0 unspecified atom stereocenters. The highest BCUT2D eigenvalue weighted by Gasteiger charge is 2.21. The van der Waals surface area contributed by atoms with Crippen molar-refractivity contribution < 1.29 is 0 Å². The molecule has 6 rings (SSSR count). The van der Waals surface area contributed by atoms with Gasteiger partial charge in [-0.3, -0.25) is 4.90 Å². The molecule has 1 aromatic carbocycles. The van der Waals surface area contributed by atoms with E-state index >= 15 is 0 Å². The number of imidazole rings is 1. The van der Waals surface area contributed by atoms with Gasteiger partial charge in [0.05, 0.1) is 11.1 Å². The summed E-state index contributed by atoms with van der Waals surface area (Å²) >= 11 is 1.73. The lowest BCUT2D eigenvalue weighted by Crippen LogP contribution is -2.46. The lowest BCUT2D eigenvalue weighted by atomic mass is 10.2. The average molecular weight is 427 g/mol. The number of fused-ring (bicyclic) bond motifs is 2. The minimum absolute atomic E-state index is 0.880. The van der Waals surface area contributed by atoms with Gasteiger partial charge in [0.2, 0.25) is 0 Å². The second kappa shape index (κ2) is 7.76. The van der Waals surface area contributed by atoms with Crippen LogP contribution in [0.15, 0.2) is 73.3 Å². The molecule has 0 amide bonds. The van der Waals surface area contributed by atoms with Crippen LogP contribution in [-0.4, -0.2) is 50.4 Å². The van der Waals surface area contributed by atoms with Crippen molar-refractivity contribution in [1.29, 1.82) is 0 Å². The molecule has 1 aliphatic rings. The van der Waals surface area contributed by atoms with E-state index in [0.717, 1.165) is 60.1 Å². The Balaban J connectivity index is 1.19. The summed E-state index contributed by atoms with van der Waals surface area (Å²) in [5, 5.41) is 1.15. The van der Waals surface area contributed by atoms with Gasteiger partial charge in [0.25, 0.3) is 0 Å². The summed E-state index contributed by atoms with van der Waals surface area (Å²) in [6, 6.07) is 18.9. The molecular weight excluding hydrogens is 404 g/mol. The van der Waals surface area contributed by atoms with E-state index < -0.39 is 0 Å². The second-order valence-corrected chi connectivity index (χ2v) is 8.88. The second-order valence-electron chi connectivity index (χ2n) is 7.85. The summed E-state index contributed by atoms with van der Waals surface area (Å²) < 4.78 is 2.09. The Morgan fingerprint density at radius 2 is 1.74 bits per heavy atom. The first-order valence-electron chi connectivity index (χ1n) is 10.5. The third-order valence-corrected chi connectivity index (χ3v) is 6.93. The largest absolute Gasteiger partial charge is 0.353 e. The Morgan fingerprint density at radius 3 is 2.58 bits per heavy atom. The van der Waals surface area contributed by atoms with Gasteiger partial charge in [-0.2, -0.15) is 0 Å². The predicted octanol–water partition coefficient (Wildman–Crippen LogP) is 4.33. The highest BCUT2D eigenvalue weighted by atomic mass is 32.1. The average Bonchev–Trinajstić information content (AvgIpc) is 3.44. The first-order valence-corrected chi connectivity index (χ1v) is 11.3. The number of pyridine rings is 1. The molecule has 1 aliphatic heterocycles. The Bertz CT molecular complexity index is 1300. The summed E-state index contributed by atoms with van der Waals surface area (Å²) in [4.78, 5) is 21.1. The third kappa shape index (κ3) is 3.56. The maximum Gasteiger partial charge on any atom is 0.140 e. The molecule has 5 heterocycles. The van der Waals surface area contributed by atoms with Gasteiger partial charge in [-0.05, 0) is 23.8 Å². The van der Waals surface area contributed by atoms with Gasteiger partial charge in [-0.1, -0.05) is 36.4 Å². The molecule has 4 aromatic heterocycles. The van der Waals surface area contributed by atoms with Crippen LogP contribution in [-0.2, 0) is 6.54 Å². The minimum atomic E-state index is 0.880. The fourth-order valence-corrected chi connectivity index (χ4v) is 5.25. The van der Waals surface area contributed by atoms with E-state index in [-0.39, 0.29) is 0 Å². The molecule has 0 bridgehead atoms. The lowest BCUT2D eigenvalue weighted by Gasteiger charge is -2.35. The molecule has 0 radical (unpaired) electrons. The van der Waals surface area contributed by atoms with Crippen LogP contribution in [0.1, 0.15) is 5.69 Å². The monoisotopic (exact) mass is 426 g/mol. The van der Waals surface area contributed by atoms with Gasteiger partial charge in [0, 0.05) is 50.0 Å². The van der Waals surface area contributed by atoms with Gasteiger partial charge in [-0.25, -0.2) is 15.0 Å². The minimum Gasteiger partial charge on any atom is -0.353 e. The zero-order valence-electron chi connectivity index (χ0n) is 17.1. The van der Waals surface area contributed by atoms with Crippen molar-refractivity contribution in [1.82, 2.24) is 24.3 Å². The van der Waals surface area contributed by atoms with Crippen molar-refractivity contribution in [2.75, 3.05) is 31.1 Å². The molecule has 0 spiro atoms. The summed E-state index contributed by atoms with van der Waals surface area (Å²) in [6.45, 7) is 4.78. The van der Waals surface area contributed by atoms with Crippen LogP contribution in [0.3, 0.4) is 0 Å². The summed E-state index contributed by atoms with van der Waals surface area (Å²) in [6.07, 6.45) is 5.88. The van der Waals surface area contributed by atoms with Crippen LogP contribution in [0.4, 0.5) is 5.82 Å². The van der Waals surface area contributed by atoms with Crippen molar-refractivity contribution in [3.8, 4) is 10.4 Å². The molecule has 0 saturated carbocycles. The molecular formula is C24H22N6S. The number of piperazine rings is 1. The third-order valence-electron chi connectivity index (χ3n) is 5.84. The number of nitrogens with zero attached hydrogens (tertiary/aromatic N) is 6. The van der Waals surface area contributed by atoms with Gasteiger partial charge in [-0.15, -0.1) is 11.3 Å². The summed E-state index contributed by atoms with van der Waals surface area (Å²) in [5.41, 5.74) is 3.36. The zero-order valence-corrected chi connectivity index (χ0v) is 17.9. The fourth-order valence-electron chi connectivity index (χ4n) is 4.25. The van der Waals surface area contributed by atoms with E-state index in [1.807, 2.05) is 24.3 Å². The topological polar surface area (TPSA) is 49.6 Å². The molecule has 1 fully saturated rings. The number of aromatic nitrogens is 4. The summed E-state index contributed by atoms with van der Waals surface area (Å²) in [5.74, 6) is 1.05. The first kappa shape index (κ1) is 18.5. The summed E-state index contributed by atoms with van der Waals surface area (Å²) in [7, 11) is 0. The number of benzene rings is 1. The van der Waals surface area contributed by atoms with Crippen LogP contribution in [0.2, 0.25) is 0 Å². The number of anilines is 1. The molecule has 6 nitrogen and oxygen atoms in total. The van der Waals surface area contributed by atoms with Crippen LogP contribution >= 0.6 is 11.3 Å². The lowest BCUT2D eigenvalue weighted by molar-refractivity contribution is 0.247. The van der Waals surface area contributed by atoms with Crippen molar-refractivity contribution in [3.63, 3.8) is 0 Å². The molecule has 0 atom stereocenters. The van der Waals surface area contributed by atoms with Crippen LogP contribution in [0, 0.1) is 0 Å². The molecule has 31 heavy (non-hydrogen) atoms. The Labute approximate surface area is 184 Å². The fraction of sp³-hybridized carbons (Fsp3) is 0.208. The van der Waals surface area contributed by atoms with Crippen molar-refractivity contribution in [3.05, 3.63) is 79.0 Å². The Morgan fingerprint density at radius 1 is 0.903 bits per heavy atom. The molecule has 0 N–H and O–H groups in total. The quantitative estimate of drug-likeness (QED) is 0.428. The van der Waals surface area contributed by atoms with Crippen LogP contribution < -0.4 is 4.90 Å². The van der Waals surface area contributed by atoms with Crippen LogP contribution in [0.5, 0.6) is 0 Å². The van der Waals surface area contributed by atoms with Gasteiger partial charge in [0.1, 0.15) is 22.6 Å². The first-order chi connectivity index (χ1) is 15.3. The molecule has 5 aromatic rings. The van der Waals surface area contributed by atoms with E-state index in [4.69, 9.17) is 4.98 Å². The van der Waals surface area contributed by atoms with Gasteiger partial charge < -0.3 is 9.30 Å². The van der Waals surface area contributed by atoms with Crippen molar-refractivity contribution >= 4 is 33.0 Å². The zero-order chi connectivity index (χ0) is 20.6. The molecule has 7 heteroatoms. The predicted molar refractivity (Wildman–Crippen MR) is 126 cm³/mol. The van der Waals surface area contributed by atoms with E-state index in [1.54, 1.807) is 17.7 Å². The van der Waals surface area contributed by atoms with Crippen molar-refractivity contribution in [2.24, 2.45) is 0 Å². The van der Waals surface area contributed by atoms with E-state index in [0.29, 0.717) is 0 Å².